The van der Waals surface area contributed by atoms with Crippen molar-refractivity contribution in [1.82, 2.24) is 0 Å². The van der Waals surface area contributed by atoms with Crippen LogP contribution in [0.15, 0.2) is 53.0 Å². The highest BCUT2D eigenvalue weighted by Gasteiger charge is 2.32. The second-order valence-electron chi connectivity index (χ2n) is 5.46. The maximum atomic E-state index is 9.75. The normalized spacial score (nSPS) is 10.9. The molecule has 0 heterocycles. The van der Waals surface area contributed by atoms with Gasteiger partial charge in [-0.25, -0.2) is 0 Å². The van der Waals surface area contributed by atoms with E-state index in [1.807, 2.05) is 31.2 Å². The molecule has 0 saturated carbocycles. The summed E-state index contributed by atoms with van der Waals surface area (Å²) in [5, 5.41) is 0. The number of hydrogen-bond donors (Lipinski definition) is 0. The number of ether oxygens (including phenoxy) is 2. The summed E-state index contributed by atoms with van der Waals surface area (Å²) in [5.74, 6) is 1.71. The first-order chi connectivity index (χ1) is 12.8. The summed E-state index contributed by atoms with van der Waals surface area (Å²) in [7, 11) is -2.65. The molecule has 144 valence electrons. The third-order valence-corrected chi connectivity index (χ3v) is 3.69. The Labute approximate surface area is 154 Å². The van der Waals surface area contributed by atoms with Gasteiger partial charge in [0.15, 0.2) is 0 Å². The smallest absolute Gasteiger partial charge is 0.497 e. The molecular weight excluding hydrogens is 363 g/mol. The van der Waals surface area contributed by atoms with Crippen molar-refractivity contribution in [3.8, 4) is 33.8 Å². The Morgan fingerprint density at radius 1 is 0.741 bits per heavy atom. The summed E-state index contributed by atoms with van der Waals surface area (Å²) in [6.45, 7) is 2.66. The van der Waals surface area contributed by atoms with Crippen molar-refractivity contribution in [1.29, 1.82) is 0 Å². The quantitative estimate of drug-likeness (QED) is 0.348. The maximum Gasteiger partial charge on any atom is 0.673 e. The molecule has 0 spiro atoms. The van der Waals surface area contributed by atoms with Crippen LogP contribution >= 0.6 is 0 Å². The summed E-state index contributed by atoms with van der Waals surface area (Å²) in [6.07, 6.45) is 0. The van der Waals surface area contributed by atoms with E-state index in [9.17, 15) is 17.3 Å². The number of rotatable bonds is 5. The highest BCUT2D eigenvalue weighted by Crippen LogP contribution is 2.36. The first kappa shape index (κ1) is 20.5. The van der Waals surface area contributed by atoms with Crippen LogP contribution in [0.3, 0.4) is 0 Å². The van der Waals surface area contributed by atoms with Gasteiger partial charge in [0, 0.05) is 6.92 Å². The highest BCUT2D eigenvalue weighted by molar-refractivity contribution is 6.50. The minimum Gasteiger partial charge on any atom is -0.497 e. The molecule has 0 unspecified atom stereocenters. The number of benzene rings is 2. The Balaban J connectivity index is 0.000000465. The lowest BCUT2D eigenvalue weighted by molar-refractivity contribution is 0.368. The van der Waals surface area contributed by atoms with Crippen LogP contribution in [-0.2, 0) is 0 Å². The van der Waals surface area contributed by atoms with E-state index in [0.29, 0.717) is 6.61 Å². The molecule has 0 aliphatic carbocycles. The predicted octanol–water partition coefficient (Wildman–Crippen LogP) is 5.13. The summed E-state index contributed by atoms with van der Waals surface area (Å²) >= 11 is 0. The van der Waals surface area contributed by atoms with Gasteiger partial charge in [0.25, 0.3) is 6.61 Å². The third-order valence-electron chi connectivity index (χ3n) is 3.69. The van der Waals surface area contributed by atoms with Gasteiger partial charge in [-0.15, -0.1) is 0 Å². The van der Waals surface area contributed by atoms with E-state index in [4.69, 9.17) is 13.9 Å². The highest BCUT2D eigenvalue weighted by atomic mass is 19.5. The SMILES string of the molecule is CC[O+]=c1c(-c2ccc(OC)cc2)c1-c1ccc(OC)cc1.F[B-](F)(F)F. The van der Waals surface area contributed by atoms with Crippen LogP contribution in [0.2, 0.25) is 0 Å². The van der Waals surface area contributed by atoms with E-state index in [-0.39, 0.29) is 0 Å². The van der Waals surface area contributed by atoms with Crippen LogP contribution in [-0.4, -0.2) is 28.1 Å². The van der Waals surface area contributed by atoms with E-state index in [1.165, 1.54) is 11.1 Å². The molecule has 0 aromatic heterocycles. The summed E-state index contributed by atoms with van der Waals surface area (Å²) in [6, 6.07) is 16.1. The fraction of sp³-hybridized carbons (Fsp3) is 0.211. The summed E-state index contributed by atoms with van der Waals surface area (Å²) in [5.41, 5.74) is 5.63. The molecule has 0 radical (unpaired) electrons. The predicted molar refractivity (Wildman–Crippen MR) is 99.8 cm³/mol. The molecule has 0 atom stereocenters. The molecule has 3 nitrogen and oxygen atoms in total. The largest absolute Gasteiger partial charge is 0.673 e. The van der Waals surface area contributed by atoms with Gasteiger partial charge < -0.3 is 26.7 Å². The first-order valence-electron chi connectivity index (χ1n) is 8.19. The van der Waals surface area contributed by atoms with Crippen molar-refractivity contribution in [3.05, 3.63) is 58.4 Å². The molecule has 3 rings (SSSR count). The minimum atomic E-state index is -6.00. The Morgan fingerprint density at radius 3 is 1.33 bits per heavy atom. The van der Waals surface area contributed by atoms with Crippen LogP contribution < -0.4 is 14.9 Å². The van der Waals surface area contributed by atoms with Crippen molar-refractivity contribution in [3.63, 3.8) is 0 Å². The van der Waals surface area contributed by atoms with Crippen molar-refractivity contribution < 1.29 is 26.7 Å². The van der Waals surface area contributed by atoms with Crippen LogP contribution in [0.1, 0.15) is 6.92 Å². The molecule has 0 amide bonds. The molecule has 8 heteroatoms. The van der Waals surface area contributed by atoms with Gasteiger partial charge in [-0.3, -0.25) is 4.42 Å². The molecule has 0 aliphatic rings. The van der Waals surface area contributed by atoms with Gasteiger partial charge in [-0.05, 0) is 35.4 Å². The zero-order valence-corrected chi connectivity index (χ0v) is 15.1. The zero-order chi connectivity index (χ0) is 20.0. The van der Waals surface area contributed by atoms with E-state index >= 15 is 0 Å². The Hall–Kier alpha value is -2.77. The van der Waals surface area contributed by atoms with Crippen LogP contribution in [0, 0.1) is 0 Å². The van der Waals surface area contributed by atoms with Crippen molar-refractivity contribution in [2.45, 2.75) is 6.92 Å². The fourth-order valence-electron chi connectivity index (χ4n) is 2.53. The first-order valence-corrected chi connectivity index (χ1v) is 8.19. The Bertz CT molecular complexity index is 809. The average molecular weight is 382 g/mol. The molecule has 0 fully saturated rings. The molecule has 27 heavy (non-hydrogen) atoms. The molecule has 0 aliphatic heterocycles. The Kier molecular flexibility index (Phi) is 6.66. The van der Waals surface area contributed by atoms with Gasteiger partial charge in [0.2, 0.25) is 0 Å². The molecule has 0 N–H and O–H groups in total. The average Bonchev–Trinajstić information content (AvgIpc) is 3.34. The van der Waals surface area contributed by atoms with E-state index in [2.05, 4.69) is 24.3 Å². The van der Waals surface area contributed by atoms with Crippen LogP contribution in [0.5, 0.6) is 11.5 Å². The minimum absolute atomic E-state index is 0.661. The van der Waals surface area contributed by atoms with Crippen LogP contribution in [0.25, 0.3) is 22.3 Å². The van der Waals surface area contributed by atoms with E-state index < -0.39 is 7.25 Å². The van der Waals surface area contributed by atoms with Crippen molar-refractivity contribution in [2.24, 2.45) is 0 Å². The molecule has 3 aromatic rings. The van der Waals surface area contributed by atoms with Gasteiger partial charge >= 0.3 is 12.7 Å². The summed E-state index contributed by atoms with van der Waals surface area (Å²) in [4.78, 5) is 0. The van der Waals surface area contributed by atoms with Gasteiger partial charge in [-0.1, -0.05) is 24.3 Å². The number of hydrogen-bond acceptors (Lipinski definition) is 2. The van der Waals surface area contributed by atoms with E-state index in [1.54, 1.807) is 14.2 Å². The number of methoxy groups -OCH3 is 2. The third kappa shape index (κ3) is 5.87. The lowest BCUT2D eigenvalue weighted by Gasteiger charge is -1.99. The van der Waals surface area contributed by atoms with Gasteiger partial charge in [0.1, 0.15) is 22.6 Å². The topological polar surface area (TPSA) is 29.8 Å². The monoisotopic (exact) mass is 382 g/mol. The lowest BCUT2D eigenvalue weighted by atomic mass is 10.1. The molecular formula is C19H19BF4O3. The Morgan fingerprint density at radius 2 is 1.07 bits per heavy atom. The second-order valence-corrected chi connectivity index (χ2v) is 5.46. The fourth-order valence-corrected chi connectivity index (χ4v) is 2.53. The number of halogens is 4. The zero-order valence-electron chi connectivity index (χ0n) is 15.1. The maximum absolute atomic E-state index is 9.75. The van der Waals surface area contributed by atoms with Crippen LogP contribution in [0.4, 0.5) is 17.3 Å². The molecule has 0 saturated heterocycles. The lowest BCUT2D eigenvalue weighted by Crippen LogP contribution is -2.02. The van der Waals surface area contributed by atoms with Gasteiger partial charge in [-0.2, -0.15) is 0 Å². The van der Waals surface area contributed by atoms with E-state index in [0.717, 1.165) is 28.1 Å². The van der Waals surface area contributed by atoms with Gasteiger partial charge in [0.05, 0.1) is 14.2 Å². The molecule has 0 bridgehead atoms. The van der Waals surface area contributed by atoms with Crippen molar-refractivity contribution in [2.75, 3.05) is 20.8 Å². The summed E-state index contributed by atoms with van der Waals surface area (Å²) < 4.78 is 55.2. The standard InChI is InChI=1S/C19H19O3.BF4/c1-4-22-19-17(13-5-9-15(20-2)10-6-13)18(19)14-7-11-16(21-3)12-8-14;2-1(3,4)5/h5-12H,4H2,1-3H3;/q+1;-1. The second kappa shape index (κ2) is 8.75. The van der Waals surface area contributed by atoms with Crippen molar-refractivity contribution >= 4 is 7.25 Å². The molecule has 3 aromatic carbocycles.